The zero-order valence-electron chi connectivity index (χ0n) is 31.8. The highest BCUT2D eigenvalue weighted by Gasteiger charge is 2.42. The summed E-state index contributed by atoms with van der Waals surface area (Å²) in [6.07, 6.45) is -1.14. The van der Waals surface area contributed by atoms with Crippen LogP contribution in [0.25, 0.3) is 0 Å². The third-order valence-electron chi connectivity index (χ3n) is 7.88. The van der Waals surface area contributed by atoms with Crippen LogP contribution in [0.1, 0.15) is 31.9 Å². The zero-order chi connectivity index (χ0) is 42.2. The van der Waals surface area contributed by atoms with Crippen LogP contribution in [0.15, 0.2) is 108 Å². The molecule has 0 radical (unpaired) electrons. The van der Waals surface area contributed by atoms with Crippen LogP contribution >= 0.6 is 7.60 Å². The number of rotatable bonds is 18. The van der Waals surface area contributed by atoms with E-state index in [0.29, 0.717) is 28.2 Å². The number of hydrogen-bond donors (Lipinski definition) is 8. The Morgan fingerprint density at radius 2 is 1.24 bits per heavy atom. The molecule has 0 saturated heterocycles. The number of carbonyl (C=O) groups is 5. The first-order valence-corrected chi connectivity index (χ1v) is 19.3. The zero-order valence-corrected chi connectivity index (χ0v) is 32.7. The van der Waals surface area contributed by atoms with Crippen LogP contribution in [0.3, 0.4) is 0 Å². The number of benzene rings is 4. The Bertz CT molecular complexity index is 2050. The maximum Gasteiger partial charge on any atom is 0.453 e. The fourth-order valence-corrected chi connectivity index (χ4v) is 6.98. The van der Waals surface area contributed by atoms with Crippen molar-refractivity contribution in [3.8, 4) is 11.5 Å². The van der Waals surface area contributed by atoms with E-state index in [0.717, 1.165) is 0 Å². The summed E-state index contributed by atoms with van der Waals surface area (Å²) in [4.78, 5) is 66.6. The van der Waals surface area contributed by atoms with Gasteiger partial charge in [-0.25, -0.2) is 14.4 Å². The highest BCUT2D eigenvalue weighted by atomic mass is 31.2. The molecule has 3 unspecified atom stereocenters. The number of nitrogens with zero attached hydrogens (tertiary/aromatic N) is 1. The van der Waals surface area contributed by atoms with Crippen LogP contribution in [-0.4, -0.2) is 65.3 Å². The normalized spacial score (nSPS) is 12.3. The van der Waals surface area contributed by atoms with Gasteiger partial charge in [-0.15, -0.1) is 0 Å². The van der Waals surface area contributed by atoms with Crippen molar-refractivity contribution in [2.75, 3.05) is 17.2 Å². The van der Waals surface area contributed by atoms with E-state index >= 15 is 4.57 Å². The van der Waals surface area contributed by atoms with E-state index in [1.165, 1.54) is 69.3 Å². The second-order valence-corrected chi connectivity index (χ2v) is 14.8. The molecule has 0 fully saturated rings. The maximum absolute atomic E-state index is 15.2. The van der Waals surface area contributed by atoms with Gasteiger partial charge in [-0.1, -0.05) is 42.5 Å². The van der Waals surface area contributed by atoms with Gasteiger partial charge in [0.25, 0.3) is 0 Å². The second kappa shape index (κ2) is 20.8. The molecule has 0 aliphatic rings. The van der Waals surface area contributed by atoms with Crippen LogP contribution in [0, 0.1) is 0 Å². The lowest BCUT2D eigenvalue weighted by Gasteiger charge is -2.29. The topological polar surface area (TPSA) is 275 Å². The molecular formula is C39H45N8O10P. The summed E-state index contributed by atoms with van der Waals surface area (Å²) in [5.74, 6) is -3.90. The summed E-state index contributed by atoms with van der Waals surface area (Å²) >= 11 is 0. The molecule has 0 aliphatic heterocycles. The Hall–Kier alpha value is -6.91. The number of guanidine groups is 1. The summed E-state index contributed by atoms with van der Waals surface area (Å²) in [6, 6.07) is 24.3. The van der Waals surface area contributed by atoms with Crippen molar-refractivity contribution in [1.82, 2.24) is 16.0 Å². The first-order valence-electron chi connectivity index (χ1n) is 17.7. The van der Waals surface area contributed by atoms with E-state index < -0.39 is 50.0 Å². The van der Waals surface area contributed by atoms with Crippen molar-refractivity contribution in [2.45, 2.75) is 51.7 Å². The van der Waals surface area contributed by atoms with Gasteiger partial charge in [0, 0.05) is 31.6 Å². The van der Waals surface area contributed by atoms with Crippen molar-refractivity contribution < 1.29 is 47.4 Å². The number of nitrogens with two attached hydrogens (primary N) is 2. The minimum Gasteiger partial charge on any atom is -0.445 e. The molecule has 4 rings (SSSR count). The highest BCUT2D eigenvalue weighted by Crippen LogP contribution is 2.53. The molecule has 5 amide bonds. The van der Waals surface area contributed by atoms with Gasteiger partial charge in [0.05, 0.1) is 12.3 Å². The lowest BCUT2D eigenvalue weighted by molar-refractivity contribution is -0.130. The Balaban J connectivity index is 1.62. The van der Waals surface area contributed by atoms with E-state index in [1.807, 2.05) is 0 Å². The quantitative estimate of drug-likeness (QED) is 0.0406. The SMILES string of the molecule is CC(=O)Nc1ccc(OP(=O)(Oc2ccc(NC(C)=O)cc2)C(Cc2ccc(N=C(N)N)cc2)NC(=O)C(C)NC(=O)C(CO)NC(=O)OCc2ccccc2)cc1. The fraction of sp³-hybridized carbons (Fsp3) is 0.231. The standard InChI is InChI=1S/C39H45N8O10P/c1-24(42-37(52)34(22-48)46-39(53)55-23-28-7-5-4-6-8-28)36(51)47-35(21-27-9-11-31(12-10-27)45-38(40)41)58(54,56-32-17-13-29(14-18-32)43-25(2)49)57-33-19-15-30(16-20-33)44-26(3)50/h4-20,24,34-35,48H,21-23H2,1-3H3,(H,42,52)(H,43,49)(H,44,50)(H,46,53)(H,47,51)(H4,40,41,45). The van der Waals surface area contributed by atoms with Gasteiger partial charge in [-0.05, 0) is 78.7 Å². The van der Waals surface area contributed by atoms with Crippen LogP contribution < -0.4 is 47.1 Å². The number of anilines is 2. The molecule has 0 aromatic heterocycles. The number of amides is 5. The van der Waals surface area contributed by atoms with E-state index in [4.69, 9.17) is 25.3 Å². The van der Waals surface area contributed by atoms with Crippen molar-refractivity contribution >= 4 is 60.3 Å². The number of ether oxygens (including phenoxy) is 1. The first kappa shape index (κ1) is 43.8. The maximum atomic E-state index is 15.2. The van der Waals surface area contributed by atoms with Crippen molar-refractivity contribution in [3.63, 3.8) is 0 Å². The number of alkyl carbamates (subject to hydrolysis) is 1. The van der Waals surface area contributed by atoms with Gasteiger partial charge in [0.1, 0.15) is 30.2 Å². The fourth-order valence-electron chi connectivity index (χ4n) is 5.14. The van der Waals surface area contributed by atoms with Crippen LogP contribution in [0.5, 0.6) is 11.5 Å². The average Bonchev–Trinajstić information content (AvgIpc) is 3.17. The lowest BCUT2D eigenvalue weighted by atomic mass is 10.1. The van der Waals surface area contributed by atoms with Gasteiger partial charge < -0.3 is 56.9 Å². The molecule has 58 heavy (non-hydrogen) atoms. The van der Waals surface area contributed by atoms with Crippen molar-refractivity contribution in [1.29, 1.82) is 0 Å². The average molecular weight is 817 g/mol. The molecule has 4 aromatic rings. The molecule has 3 atom stereocenters. The number of carbonyl (C=O) groups excluding carboxylic acids is 5. The Morgan fingerprint density at radius 1 is 0.707 bits per heavy atom. The summed E-state index contributed by atoms with van der Waals surface area (Å²) < 4.78 is 32.5. The monoisotopic (exact) mass is 816 g/mol. The molecule has 10 N–H and O–H groups in total. The summed E-state index contributed by atoms with van der Waals surface area (Å²) in [6.45, 7) is 3.10. The second-order valence-electron chi connectivity index (χ2n) is 12.7. The smallest absolute Gasteiger partial charge is 0.445 e. The number of aliphatic hydroxyl groups excluding tert-OH is 1. The van der Waals surface area contributed by atoms with Gasteiger partial charge >= 0.3 is 13.7 Å². The number of aliphatic imine (C=N–C) groups is 1. The van der Waals surface area contributed by atoms with Crippen LogP contribution in [0.4, 0.5) is 21.9 Å². The highest BCUT2D eigenvalue weighted by molar-refractivity contribution is 7.55. The number of hydrogen-bond acceptors (Lipinski definition) is 11. The minimum atomic E-state index is -4.56. The molecule has 0 saturated carbocycles. The summed E-state index contributed by atoms with van der Waals surface area (Å²) in [7, 11) is -4.56. The molecule has 0 heterocycles. The third kappa shape index (κ3) is 14.0. The van der Waals surface area contributed by atoms with E-state index in [2.05, 4.69) is 31.6 Å². The van der Waals surface area contributed by atoms with Gasteiger partial charge in [0.2, 0.25) is 23.6 Å². The summed E-state index contributed by atoms with van der Waals surface area (Å²) in [5, 5.41) is 22.6. The number of nitrogens with one attached hydrogen (secondary N) is 5. The molecule has 18 nitrogen and oxygen atoms in total. The van der Waals surface area contributed by atoms with Crippen molar-refractivity contribution in [3.05, 3.63) is 114 Å². The van der Waals surface area contributed by atoms with E-state index in [-0.39, 0.29) is 42.3 Å². The lowest BCUT2D eigenvalue weighted by Crippen LogP contribution is -2.55. The third-order valence-corrected chi connectivity index (χ3v) is 9.89. The molecule has 4 aromatic carbocycles. The predicted octanol–water partition coefficient (Wildman–Crippen LogP) is 3.64. The molecule has 0 spiro atoms. The molecule has 306 valence electrons. The molecule has 19 heteroatoms. The van der Waals surface area contributed by atoms with E-state index in [9.17, 15) is 29.1 Å². The Labute approximate surface area is 334 Å². The predicted molar refractivity (Wildman–Crippen MR) is 216 cm³/mol. The number of aliphatic hydroxyl groups is 1. The van der Waals surface area contributed by atoms with Crippen LogP contribution in [0.2, 0.25) is 0 Å². The van der Waals surface area contributed by atoms with Crippen LogP contribution in [-0.2, 0) is 41.5 Å². The molecule has 0 bridgehead atoms. The minimum absolute atomic E-state index is 0.0482. The summed E-state index contributed by atoms with van der Waals surface area (Å²) in [5.41, 5.74) is 13.5. The largest absolute Gasteiger partial charge is 0.453 e. The Morgan fingerprint density at radius 3 is 1.72 bits per heavy atom. The van der Waals surface area contributed by atoms with Gasteiger partial charge in [0.15, 0.2) is 11.7 Å². The molecule has 0 aliphatic carbocycles. The van der Waals surface area contributed by atoms with Gasteiger partial charge in [-0.3, -0.25) is 19.2 Å². The first-order chi connectivity index (χ1) is 27.6. The van der Waals surface area contributed by atoms with E-state index in [1.54, 1.807) is 54.6 Å². The molecular weight excluding hydrogens is 771 g/mol. The Kier molecular flexibility index (Phi) is 15.7. The van der Waals surface area contributed by atoms with Gasteiger partial charge in [-0.2, -0.15) is 0 Å². The van der Waals surface area contributed by atoms with Crippen molar-refractivity contribution in [2.24, 2.45) is 16.5 Å².